The van der Waals surface area contributed by atoms with Crippen molar-refractivity contribution in [1.82, 2.24) is 15.1 Å². The second-order valence-electron chi connectivity index (χ2n) is 17.7. The predicted molar refractivity (Wildman–Crippen MR) is 212 cm³/mol. The first kappa shape index (κ1) is 44.3. The molecule has 2 saturated heterocycles. The summed E-state index contributed by atoms with van der Waals surface area (Å²) < 4.78 is 54.1. The quantitative estimate of drug-likeness (QED) is 0.193. The Labute approximate surface area is 327 Å². The summed E-state index contributed by atoms with van der Waals surface area (Å²) in [7, 11) is -1.05. The van der Waals surface area contributed by atoms with Crippen LogP contribution in [0.25, 0.3) is 0 Å². The number of hydrogen-bond donors (Lipinski definition) is 1. The number of carbonyl (C=O) groups excluding carboxylic acids is 3. The minimum absolute atomic E-state index is 0.0110. The average molecular weight is 788 g/mol. The summed E-state index contributed by atoms with van der Waals surface area (Å²) in [6.45, 7) is 21.5. The molecule has 10 nitrogen and oxygen atoms in total. The van der Waals surface area contributed by atoms with Crippen LogP contribution in [0.1, 0.15) is 106 Å². The average Bonchev–Trinajstić information content (AvgIpc) is 3.71. The molecular weight excluding hydrogens is 725 g/mol. The van der Waals surface area contributed by atoms with Crippen molar-refractivity contribution in [3.63, 3.8) is 0 Å². The van der Waals surface area contributed by atoms with Crippen LogP contribution in [0.3, 0.4) is 0 Å². The smallest absolute Gasteiger partial charge is 0.410 e. The van der Waals surface area contributed by atoms with Crippen LogP contribution < -0.4 is 5.32 Å². The summed E-state index contributed by atoms with van der Waals surface area (Å²) in [5.74, 6) is -2.16. The second kappa shape index (κ2) is 18.2. The van der Waals surface area contributed by atoms with Crippen LogP contribution in [-0.4, -0.2) is 105 Å². The van der Waals surface area contributed by atoms with E-state index in [2.05, 4.69) is 39.2 Å². The van der Waals surface area contributed by atoms with E-state index in [1.54, 1.807) is 55.9 Å². The van der Waals surface area contributed by atoms with E-state index in [0.717, 1.165) is 30.9 Å². The van der Waals surface area contributed by atoms with Gasteiger partial charge in [0.25, 0.3) is 11.8 Å². The molecule has 0 aliphatic carbocycles. The number of hydrogen-bond acceptors (Lipinski definition) is 7. The maximum absolute atomic E-state index is 14.7. The maximum Gasteiger partial charge on any atom is 0.410 e. The van der Waals surface area contributed by atoms with Gasteiger partial charge in [0.1, 0.15) is 17.2 Å². The predicted octanol–water partition coefficient (Wildman–Crippen LogP) is 8.06. The standard InChI is InChI=1S/C42H63F2N3O7Si/c1-12-16-52-34-24-36(47(25-34)40(50)53-41(3,4)5)37(54-55(10,11)42(6,7)8)35(21-28-19-31(43)23-32(44)20-28)45-38(48)29-17-27(2)18-30(22-29)39(49)46-15-13-14-33(46)26-51-9/h17-20,22-23,33-37H,12-16,21,24-26H2,1-11H3,(H,45,48)/t33?,34-,35+,36-,37+/m1/s1. The molecule has 13 heteroatoms. The monoisotopic (exact) mass is 787 g/mol. The van der Waals surface area contributed by atoms with Gasteiger partial charge in [-0.15, -0.1) is 0 Å². The van der Waals surface area contributed by atoms with Crippen molar-refractivity contribution in [3.8, 4) is 0 Å². The van der Waals surface area contributed by atoms with Gasteiger partial charge in [-0.25, -0.2) is 13.6 Å². The Kier molecular flexibility index (Phi) is 14.7. The SMILES string of the molecule is CCCO[C@@H]1C[C@H]([C@@H](O[Si](C)(C)C(C)(C)C)[C@H](Cc2cc(F)cc(F)c2)NC(=O)c2cc(C)cc(C(=O)N3CCCC3COC)c2)N(C(=O)OC(C)(C)C)C1. The van der Waals surface area contributed by atoms with Gasteiger partial charge in [0.05, 0.1) is 43.5 Å². The van der Waals surface area contributed by atoms with Crippen molar-refractivity contribution in [1.29, 1.82) is 0 Å². The molecule has 0 radical (unpaired) electrons. The Morgan fingerprint density at radius 1 is 0.964 bits per heavy atom. The van der Waals surface area contributed by atoms with Crippen LogP contribution in [0.15, 0.2) is 36.4 Å². The highest BCUT2D eigenvalue weighted by Crippen LogP contribution is 2.40. The van der Waals surface area contributed by atoms with Gasteiger partial charge in [-0.1, -0.05) is 27.7 Å². The molecule has 0 spiro atoms. The lowest BCUT2D eigenvalue weighted by Crippen LogP contribution is -2.60. The molecule has 2 heterocycles. The Morgan fingerprint density at radius 2 is 1.62 bits per heavy atom. The number of aryl methyl sites for hydroxylation is 1. The zero-order valence-electron chi connectivity index (χ0n) is 34.7. The van der Waals surface area contributed by atoms with Gasteiger partial charge in [0.2, 0.25) is 0 Å². The molecule has 1 N–H and O–H groups in total. The van der Waals surface area contributed by atoms with E-state index in [-0.39, 0.29) is 41.6 Å². The van der Waals surface area contributed by atoms with Crippen molar-refractivity contribution >= 4 is 26.2 Å². The third-order valence-electron chi connectivity index (χ3n) is 10.8. The number of rotatable bonds is 14. The summed E-state index contributed by atoms with van der Waals surface area (Å²) in [4.78, 5) is 45.7. The topological polar surface area (TPSA) is 107 Å². The number of amides is 3. The molecule has 0 bridgehead atoms. The van der Waals surface area contributed by atoms with Crippen molar-refractivity contribution in [2.24, 2.45) is 0 Å². The summed E-state index contributed by atoms with van der Waals surface area (Å²) in [5, 5.41) is 2.90. The number of nitrogens with zero attached hydrogens (tertiary/aromatic N) is 2. The van der Waals surface area contributed by atoms with Crippen molar-refractivity contribution in [3.05, 3.63) is 70.3 Å². The highest BCUT2D eigenvalue weighted by molar-refractivity contribution is 6.74. The first-order chi connectivity index (χ1) is 25.6. The van der Waals surface area contributed by atoms with E-state index in [1.807, 2.05) is 13.8 Å². The minimum atomic E-state index is -2.67. The van der Waals surface area contributed by atoms with Gasteiger partial charge >= 0.3 is 6.09 Å². The lowest BCUT2D eigenvalue weighted by molar-refractivity contribution is 0.000337. The first-order valence-electron chi connectivity index (χ1n) is 19.6. The molecule has 2 aliphatic heterocycles. The molecule has 5 atom stereocenters. The van der Waals surface area contributed by atoms with E-state index in [0.29, 0.717) is 37.3 Å². The number of benzene rings is 2. The molecule has 55 heavy (non-hydrogen) atoms. The second-order valence-corrected chi connectivity index (χ2v) is 22.4. The lowest BCUT2D eigenvalue weighted by atomic mass is 9.94. The summed E-state index contributed by atoms with van der Waals surface area (Å²) in [5.41, 5.74) is 0.885. The van der Waals surface area contributed by atoms with E-state index in [1.165, 1.54) is 12.1 Å². The van der Waals surface area contributed by atoms with E-state index in [9.17, 15) is 23.2 Å². The summed E-state index contributed by atoms with van der Waals surface area (Å²) >= 11 is 0. The Balaban J connectivity index is 1.82. The van der Waals surface area contributed by atoms with Crippen LogP contribution in [0.5, 0.6) is 0 Å². The van der Waals surface area contributed by atoms with Crippen LogP contribution in [0.2, 0.25) is 18.1 Å². The molecule has 0 saturated carbocycles. The highest BCUT2D eigenvalue weighted by Gasteiger charge is 2.49. The van der Waals surface area contributed by atoms with Gasteiger partial charge in [-0.05, 0) is 119 Å². The largest absolute Gasteiger partial charge is 0.444 e. The van der Waals surface area contributed by atoms with Crippen LogP contribution in [-0.2, 0) is 25.1 Å². The molecular formula is C42H63F2N3O7Si. The first-order valence-corrected chi connectivity index (χ1v) is 22.5. The molecule has 1 unspecified atom stereocenters. The maximum atomic E-state index is 14.7. The highest BCUT2D eigenvalue weighted by atomic mass is 28.4. The van der Waals surface area contributed by atoms with Crippen molar-refractivity contribution in [2.75, 3.05) is 33.4 Å². The summed E-state index contributed by atoms with van der Waals surface area (Å²) in [6, 6.07) is 6.80. The lowest BCUT2D eigenvalue weighted by Gasteiger charge is -2.45. The Hall–Kier alpha value is -3.39. The van der Waals surface area contributed by atoms with Gasteiger partial charge in [0.15, 0.2) is 8.32 Å². The van der Waals surface area contributed by atoms with Gasteiger partial charge in [-0.3, -0.25) is 14.5 Å². The normalized spacial score (nSPS) is 20.4. The third-order valence-corrected chi connectivity index (χ3v) is 15.3. The molecule has 4 rings (SSSR count). The fraction of sp³-hybridized carbons (Fsp3) is 0.643. The number of likely N-dealkylation sites (tertiary alicyclic amines) is 2. The molecule has 3 amide bonds. The molecule has 2 aromatic rings. The number of halogens is 2. The number of methoxy groups -OCH3 is 1. The number of carbonyl (C=O) groups is 3. The fourth-order valence-electron chi connectivity index (χ4n) is 7.17. The fourth-order valence-corrected chi connectivity index (χ4v) is 8.53. The van der Waals surface area contributed by atoms with Crippen molar-refractivity contribution < 1.29 is 41.8 Å². The van der Waals surface area contributed by atoms with Crippen molar-refractivity contribution in [2.45, 2.75) is 142 Å². The third kappa shape index (κ3) is 11.8. The van der Waals surface area contributed by atoms with Crippen LogP contribution >= 0.6 is 0 Å². The minimum Gasteiger partial charge on any atom is -0.444 e. The van der Waals surface area contributed by atoms with Crippen LogP contribution in [0, 0.1) is 18.6 Å². The Bertz CT molecular complexity index is 1640. The van der Waals surface area contributed by atoms with E-state index in [4.69, 9.17) is 18.6 Å². The van der Waals surface area contributed by atoms with Gasteiger partial charge in [0, 0.05) is 37.5 Å². The van der Waals surface area contributed by atoms with Gasteiger partial charge < -0.3 is 28.9 Å². The number of ether oxygens (including phenoxy) is 3. The van der Waals surface area contributed by atoms with Gasteiger partial charge in [-0.2, -0.15) is 0 Å². The Morgan fingerprint density at radius 3 is 2.22 bits per heavy atom. The molecule has 2 aliphatic rings. The zero-order valence-corrected chi connectivity index (χ0v) is 35.7. The zero-order chi connectivity index (χ0) is 40.9. The molecule has 2 aromatic carbocycles. The number of nitrogens with one attached hydrogen (secondary N) is 1. The summed E-state index contributed by atoms with van der Waals surface area (Å²) in [6.07, 6.45) is 1.15. The van der Waals surface area contributed by atoms with E-state index < -0.39 is 55.7 Å². The van der Waals surface area contributed by atoms with Crippen LogP contribution in [0.4, 0.5) is 13.6 Å². The molecule has 2 fully saturated rings. The molecule has 0 aromatic heterocycles. The molecule has 306 valence electrons. The van der Waals surface area contributed by atoms with E-state index >= 15 is 0 Å².